The minimum absolute atomic E-state index is 0.365. The van der Waals surface area contributed by atoms with Gasteiger partial charge in [-0.25, -0.2) is 9.97 Å². The van der Waals surface area contributed by atoms with E-state index in [-0.39, 0.29) is 0 Å². The predicted octanol–water partition coefficient (Wildman–Crippen LogP) is 2.48. The van der Waals surface area contributed by atoms with Crippen LogP contribution in [0.25, 0.3) is 0 Å². The van der Waals surface area contributed by atoms with Gasteiger partial charge in [0.1, 0.15) is 0 Å². The molecule has 1 aromatic rings. The van der Waals surface area contributed by atoms with Crippen molar-refractivity contribution in [3.8, 4) is 0 Å². The summed E-state index contributed by atoms with van der Waals surface area (Å²) < 4.78 is 5.48. The quantitative estimate of drug-likeness (QED) is 0.905. The minimum atomic E-state index is 0.365. The minimum Gasteiger partial charge on any atom is -0.379 e. The lowest BCUT2D eigenvalue weighted by atomic mass is 9.73. The molecule has 122 valence electrons. The Hall–Kier alpha value is -1.20. The van der Waals surface area contributed by atoms with E-state index in [4.69, 9.17) is 4.74 Å². The highest BCUT2D eigenvalue weighted by atomic mass is 16.5. The van der Waals surface area contributed by atoms with Crippen LogP contribution in [-0.2, 0) is 4.74 Å². The van der Waals surface area contributed by atoms with E-state index in [1.807, 2.05) is 19.3 Å². The number of nitrogens with zero attached hydrogens (tertiary/aromatic N) is 3. The van der Waals surface area contributed by atoms with Crippen molar-refractivity contribution in [1.29, 1.82) is 0 Å². The van der Waals surface area contributed by atoms with E-state index in [1.54, 1.807) is 0 Å². The second kappa shape index (κ2) is 7.38. The Kier molecular flexibility index (Phi) is 5.26. The van der Waals surface area contributed by atoms with E-state index >= 15 is 0 Å². The van der Waals surface area contributed by atoms with Crippen molar-refractivity contribution in [2.24, 2.45) is 5.41 Å². The van der Waals surface area contributed by atoms with Gasteiger partial charge in [-0.05, 0) is 25.3 Å². The molecule has 0 spiro atoms. The molecule has 0 aromatic carbocycles. The van der Waals surface area contributed by atoms with E-state index in [1.165, 1.54) is 38.6 Å². The highest BCUT2D eigenvalue weighted by Crippen LogP contribution is 2.37. The zero-order valence-corrected chi connectivity index (χ0v) is 13.7. The third-order valence-corrected chi connectivity index (χ3v) is 4.98. The summed E-state index contributed by atoms with van der Waals surface area (Å²) in [5.41, 5.74) is 1.47. The van der Waals surface area contributed by atoms with Crippen molar-refractivity contribution >= 4 is 5.95 Å². The summed E-state index contributed by atoms with van der Waals surface area (Å²) in [5.74, 6) is 0.762. The Morgan fingerprint density at radius 1 is 1.14 bits per heavy atom. The van der Waals surface area contributed by atoms with Crippen molar-refractivity contribution in [2.75, 3.05) is 44.7 Å². The Labute approximate surface area is 133 Å². The van der Waals surface area contributed by atoms with E-state index in [2.05, 4.69) is 20.2 Å². The van der Waals surface area contributed by atoms with Crippen LogP contribution < -0.4 is 5.32 Å². The van der Waals surface area contributed by atoms with Crippen LogP contribution in [0.1, 0.15) is 37.7 Å². The molecule has 1 aliphatic heterocycles. The molecule has 5 heteroatoms. The van der Waals surface area contributed by atoms with Gasteiger partial charge in [-0.2, -0.15) is 0 Å². The van der Waals surface area contributed by atoms with Gasteiger partial charge in [0, 0.05) is 44.0 Å². The van der Waals surface area contributed by atoms with Crippen molar-refractivity contribution in [1.82, 2.24) is 14.9 Å². The molecule has 1 N–H and O–H groups in total. The zero-order valence-electron chi connectivity index (χ0n) is 13.7. The Balaban J connectivity index is 1.61. The third-order valence-electron chi connectivity index (χ3n) is 4.98. The average Bonchev–Trinajstić information content (AvgIpc) is 2.56. The van der Waals surface area contributed by atoms with Gasteiger partial charge >= 0.3 is 0 Å². The molecular formula is C17H28N4O. The fourth-order valence-electron chi connectivity index (χ4n) is 3.68. The maximum atomic E-state index is 5.48. The van der Waals surface area contributed by atoms with Gasteiger partial charge in [0.15, 0.2) is 0 Å². The van der Waals surface area contributed by atoms with E-state index < -0.39 is 0 Å². The smallest absolute Gasteiger partial charge is 0.222 e. The molecule has 2 fully saturated rings. The third kappa shape index (κ3) is 4.17. The molecule has 1 aliphatic carbocycles. The SMILES string of the molecule is Cc1cnc(NCC2(CN3CCOCC3)CCCCC2)nc1. The molecule has 1 saturated carbocycles. The van der Waals surface area contributed by atoms with Gasteiger partial charge < -0.3 is 10.1 Å². The molecule has 1 aromatic heterocycles. The van der Waals surface area contributed by atoms with Gasteiger partial charge in [-0.15, -0.1) is 0 Å². The summed E-state index contributed by atoms with van der Waals surface area (Å²) in [7, 11) is 0. The summed E-state index contributed by atoms with van der Waals surface area (Å²) in [5, 5.41) is 3.49. The van der Waals surface area contributed by atoms with Crippen molar-refractivity contribution < 1.29 is 4.74 Å². The first-order valence-corrected chi connectivity index (χ1v) is 8.58. The molecule has 3 rings (SSSR count). The van der Waals surface area contributed by atoms with E-state index in [9.17, 15) is 0 Å². The number of anilines is 1. The van der Waals surface area contributed by atoms with Crippen LogP contribution in [-0.4, -0.2) is 54.3 Å². The van der Waals surface area contributed by atoms with E-state index in [0.29, 0.717) is 5.41 Å². The van der Waals surface area contributed by atoms with Crippen LogP contribution in [0, 0.1) is 12.3 Å². The fourth-order valence-corrected chi connectivity index (χ4v) is 3.68. The average molecular weight is 304 g/mol. The molecule has 0 bridgehead atoms. The van der Waals surface area contributed by atoms with Gasteiger partial charge in [-0.3, -0.25) is 4.90 Å². The van der Waals surface area contributed by atoms with Crippen LogP contribution in [0.3, 0.4) is 0 Å². The summed E-state index contributed by atoms with van der Waals surface area (Å²) in [4.78, 5) is 11.3. The monoisotopic (exact) mass is 304 g/mol. The highest BCUT2D eigenvalue weighted by Gasteiger charge is 2.34. The lowest BCUT2D eigenvalue weighted by molar-refractivity contribution is 0.0102. The van der Waals surface area contributed by atoms with Crippen LogP contribution in [0.5, 0.6) is 0 Å². The van der Waals surface area contributed by atoms with Crippen molar-refractivity contribution in [3.05, 3.63) is 18.0 Å². The molecule has 0 unspecified atom stereocenters. The first kappa shape index (κ1) is 15.7. The maximum Gasteiger partial charge on any atom is 0.222 e. The number of hydrogen-bond donors (Lipinski definition) is 1. The topological polar surface area (TPSA) is 50.3 Å². The Morgan fingerprint density at radius 3 is 2.50 bits per heavy atom. The summed E-state index contributed by atoms with van der Waals surface area (Å²) >= 11 is 0. The van der Waals surface area contributed by atoms with Gasteiger partial charge in [-0.1, -0.05) is 19.3 Å². The standard InChI is InChI=1S/C17H28N4O/c1-15-11-18-16(19-12-15)20-13-17(5-3-2-4-6-17)14-21-7-9-22-10-8-21/h11-12H,2-10,13-14H2,1H3,(H,18,19,20). The predicted molar refractivity (Wildman–Crippen MR) is 88.0 cm³/mol. The van der Waals surface area contributed by atoms with Crippen LogP contribution in [0.4, 0.5) is 5.95 Å². The van der Waals surface area contributed by atoms with Gasteiger partial charge in [0.05, 0.1) is 13.2 Å². The van der Waals surface area contributed by atoms with Gasteiger partial charge in [0.25, 0.3) is 0 Å². The summed E-state index contributed by atoms with van der Waals surface area (Å²) in [6, 6.07) is 0. The number of rotatable bonds is 5. The number of aromatic nitrogens is 2. The Morgan fingerprint density at radius 2 is 1.82 bits per heavy atom. The molecule has 5 nitrogen and oxygen atoms in total. The van der Waals surface area contributed by atoms with Crippen molar-refractivity contribution in [3.63, 3.8) is 0 Å². The van der Waals surface area contributed by atoms with Gasteiger partial charge in [0.2, 0.25) is 5.95 Å². The Bertz CT molecular complexity index is 450. The largest absolute Gasteiger partial charge is 0.379 e. The summed E-state index contributed by atoms with van der Waals surface area (Å²) in [6.45, 7) is 8.08. The maximum absolute atomic E-state index is 5.48. The fraction of sp³-hybridized carbons (Fsp3) is 0.765. The molecule has 1 saturated heterocycles. The summed E-state index contributed by atoms with van der Waals surface area (Å²) in [6.07, 6.45) is 10.5. The number of hydrogen-bond acceptors (Lipinski definition) is 5. The molecule has 2 heterocycles. The second-order valence-corrected chi connectivity index (χ2v) is 6.89. The van der Waals surface area contributed by atoms with Crippen LogP contribution in [0.15, 0.2) is 12.4 Å². The number of ether oxygens (including phenoxy) is 1. The van der Waals surface area contributed by atoms with Crippen molar-refractivity contribution in [2.45, 2.75) is 39.0 Å². The second-order valence-electron chi connectivity index (χ2n) is 6.89. The van der Waals surface area contributed by atoms with Crippen LogP contribution >= 0.6 is 0 Å². The van der Waals surface area contributed by atoms with E-state index in [0.717, 1.165) is 44.4 Å². The number of aryl methyl sites for hydroxylation is 1. The molecule has 0 atom stereocenters. The highest BCUT2D eigenvalue weighted by molar-refractivity contribution is 5.25. The molecule has 22 heavy (non-hydrogen) atoms. The number of nitrogens with one attached hydrogen (secondary N) is 1. The lowest BCUT2D eigenvalue weighted by Crippen LogP contribution is -2.47. The number of morpholine rings is 1. The first-order chi connectivity index (χ1) is 10.8. The molecular weight excluding hydrogens is 276 g/mol. The molecule has 0 amide bonds. The van der Waals surface area contributed by atoms with Crippen LogP contribution in [0.2, 0.25) is 0 Å². The first-order valence-electron chi connectivity index (χ1n) is 8.58. The normalized spacial score (nSPS) is 22.4. The molecule has 2 aliphatic rings. The molecule has 0 radical (unpaired) electrons. The zero-order chi connectivity index (χ0) is 15.3. The lowest BCUT2D eigenvalue weighted by Gasteiger charge is -2.42.